The number of benzene rings is 3. The molecule has 0 saturated heterocycles. The second kappa shape index (κ2) is 8.92. The fraction of sp³-hybridized carbons (Fsp3) is 0.185. The molecule has 1 aromatic heterocycles. The SMILES string of the molecule is O=C(O)[C@@H]1CSc2c(-c3ccc4c(c3)OCO4)c(COc3cccc4ccccc34)c(CO)c(=O)n21. The molecule has 6 rings (SSSR count). The van der Waals surface area contributed by atoms with E-state index in [1.165, 1.54) is 16.3 Å². The van der Waals surface area contributed by atoms with Crippen LogP contribution >= 0.6 is 11.8 Å². The molecule has 1 atom stereocenters. The maximum atomic E-state index is 13.4. The molecule has 9 heteroatoms. The lowest BCUT2D eigenvalue weighted by Crippen LogP contribution is -2.32. The molecule has 3 heterocycles. The highest BCUT2D eigenvalue weighted by Crippen LogP contribution is 2.45. The molecule has 2 aliphatic rings. The van der Waals surface area contributed by atoms with Crippen LogP contribution in [0.2, 0.25) is 0 Å². The minimum Gasteiger partial charge on any atom is -0.488 e. The van der Waals surface area contributed by atoms with Crippen LogP contribution in [0.3, 0.4) is 0 Å². The van der Waals surface area contributed by atoms with Gasteiger partial charge in [0.05, 0.1) is 17.2 Å². The zero-order valence-corrected chi connectivity index (χ0v) is 19.8. The molecule has 2 aliphatic heterocycles. The van der Waals surface area contributed by atoms with Crippen molar-refractivity contribution in [2.45, 2.75) is 24.3 Å². The maximum Gasteiger partial charge on any atom is 0.327 e. The van der Waals surface area contributed by atoms with Crippen LogP contribution in [-0.2, 0) is 18.0 Å². The second-order valence-corrected chi connectivity index (χ2v) is 9.48. The highest BCUT2D eigenvalue weighted by Gasteiger charge is 2.35. The van der Waals surface area contributed by atoms with Crippen LogP contribution < -0.4 is 19.8 Å². The summed E-state index contributed by atoms with van der Waals surface area (Å²) in [5.41, 5.74) is 1.46. The third kappa shape index (κ3) is 3.59. The number of aromatic nitrogens is 1. The van der Waals surface area contributed by atoms with Gasteiger partial charge in [0.25, 0.3) is 5.56 Å². The first-order valence-electron chi connectivity index (χ1n) is 11.3. The molecule has 0 amide bonds. The number of aliphatic carboxylic acids is 1. The minimum atomic E-state index is -1.09. The Kier molecular flexibility index (Phi) is 5.58. The predicted molar refractivity (Wildman–Crippen MR) is 134 cm³/mol. The second-order valence-electron chi connectivity index (χ2n) is 8.47. The average Bonchev–Trinajstić information content (AvgIpc) is 3.55. The molecular formula is C27H21NO7S. The fourth-order valence-corrected chi connectivity index (χ4v) is 6.09. The number of thioether (sulfide) groups is 1. The van der Waals surface area contributed by atoms with Crippen molar-refractivity contribution in [2.24, 2.45) is 0 Å². The Balaban J connectivity index is 1.54. The standard InChI is InChI=1S/C27H21NO7S/c29-11-18-19(12-33-21-7-3-5-15-4-1-2-6-17(15)21)24(16-8-9-22-23(10-16)35-14-34-22)26-28(25(18)30)20(13-36-26)27(31)32/h1-10,20,29H,11-14H2,(H,31,32)/t20-/m0/s1. The fourth-order valence-electron chi connectivity index (χ4n) is 4.75. The number of fused-ring (bicyclic) bond motifs is 3. The average molecular weight is 504 g/mol. The molecule has 8 nitrogen and oxygen atoms in total. The smallest absolute Gasteiger partial charge is 0.327 e. The number of carbonyl (C=O) groups is 1. The van der Waals surface area contributed by atoms with Gasteiger partial charge in [-0.15, -0.1) is 11.8 Å². The summed E-state index contributed by atoms with van der Waals surface area (Å²) < 4.78 is 18.5. The zero-order chi connectivity index (χ0) is 24.8. The van der Waals surface area contributed by atoms with Gasteiger partial charge in [-0.05, 0) is 29.1 Å². The van der Waals surface area contributed by atoms with E-state index in [-0.39, 0.29) is 24.7 Å². The van der Waals surface area contributed by atoms with Crippen LogP contribution in [-0.4, -0.2) is 33.3 Å². The largest absolute Gasteiger partial charge is 0.488 e. The van der Waals surface area contributed by atoms with Crippen molar-refractivity contribution in [1.82, 2.24) is 4.57 Å². The van der Waals surface area contributed by atoms with Gasteiger partial charge in [0.15, 0.2) is 11.5 Å². The molecule has 0 bridgehead atoms. The van der Waals surface area contributed by atoms with Crippen molar-refractivity contribution < 1.29 is 29.2 Å². The van der Waals surface area contributed by atoms with Crippen LogP contribution in [0.5, 0.6) is 17.2 Å². The van der Waals surface area contributed by atoms with Gasteiger partial charge < -0.3 is 24.4 Å². The Hall–Kier alpha value is -3.95. The van der Waals surface area contributed by atoms with Crippen LogP contribution in [0.4, 0.5) is 0 Å². The van der Waals surface area contributed by atoms with Crippen molar-refractivity contribution in [3.05, 3.63) is 82.1 Å². The maximum absolute atomic E-state index is 13.4. The number of carboxylic acid groups (broad SMARTS) is 1. The summed E-state index contributed by atoms with van der Waals surface area (Å²) >= 11 is 1.30. The molecule has 0 saturated carbocycles. The number of rotatable bonds is 6. The van der Waals surface area contributed by atoms with Crippen molar-refractivity contribution in [2.75, 3.05) is 12.5 Å². The lowest BCUT2D eigenvalue weighted by atomic mass is 9.97. The van der Waals surface area contributed by atoms with E-state index in [9.17, 15) is 19.8 Å². The number of nitrogens with zero attached hydrogens (tertiary/aromatic N) is 1. The lowest BCUT2D eigenvalue weighted by molar-refractivity contribution is -0.140. The van der Waals surface area contributed by atoms with Crippen molar-refractivity contribution >= 4 is 28.5 Å². The van der Waals surface area contributed by atoms with E-state index in [0.29, 0.717) is 39.0 Å². The third-order valence-corrected chi connectivity index (χ3v) is 7.65. The number of hydrogen-bond donors (Lipinski definition) is 2. The molecule has 182 valence electrons. The van der Waals surface area contributed by atoms with Gasteiger partial charge in [0.1, 0.15) is 18.4 Å². The number of ether oxygens (including phenoxy) is 3. The van der Waals surface area contributed by atoms with E-state index in [1.807, 2.05) is 48.5 Å². The monoisotopic (exact) mass is 503 g/mol. The summed E-state index contributed by atoms with van der Waals surface area (Å²) in [6.07, 6.45) is 0. The van der Waals surface area contributed by atoms with Crippen LogP contribution in [0.15, 0.2) is 70.5 Å². The summed E-state index contributed by atoms with van der Waals surface area (Å²) in [5, 5.41) is 22.5. The van der Waals surface area contributed by atoms with E-state index >= 15 is 0 Å². The molecule has 0 unspecified atom stereocenters. The van der Waals surface area contributed by atoms with Gasteiger partial charge in [-0.25, -0.2) is 4.79 Å². The van der Waals surface area contributed by atoms with Gasteiger partial charge in [-0.2, -0.15) is 0 Å². The number of aliphatic hydroxyl groups is 1. The first kappa shape index (κ1) is 22.5. The Labute approximate surface area is 209 Å². The van der Waals surface area contributed by atoms with Gasteiger partial charge in [-0.1, -0.05) is 42.5 Å². The van der Waals surface area contributed by atoms with E-state index < -0.39 is 24.2 Å². The summed E-state index contributed by atoms with van der Waals surface area (Å²) in [5.74, 6) is 0.923. The third-order valence-electron chi connectivity index (χ3n) is 6.49. The highest BCUT2D eigenvalue weighted by molar-refractivity contribution is 7.99. The first-order chi connectivity index (χ1) is 17.6. The molecule has 0 radical (unpaired) electrons. The van der Waals surface area contributed by atoms with Crippen molar-refractivity contribution in [1.29, 1.82) is 0 Å². The Bertz CT molecular complexity index is 1570. The zero-order valence-electron chi connectivity index (χ0n) is 19.0. The number of aliphatic hydroxyl groups excluding tert-OH is 1. The van der Waals surface area contributed by atoms with E-state index in [0.717, 1.165) is 10.8 Å². The molecule has 3 aromatic carbocycles. The van der Waals surface area contributed by atoms with Crippen LogP contribution in [0.1, 0.15) is 17.2 Å². The number of pyridine rings is 1. The molecule has 0 fully saturated rings. The lowest BCUT2D eigenvalue weighted by Gasteiger charge is -2.21. The van der Waals surface area contributed by atoms with Crippen LogP contribution in [0, 0.1) is 0 Å². The topological polar surface area (TPSA) is 107 Å². The Morgan fingerprint density at radius 1 is 1.06 bits per heavy atom. The van der Waals surface area contributed by atoms with Gasteiger partial charge >= 0.3 is 5.97 Å². The summed E-state index contributed by atoms with van der Waals surface area (Å²) in [6.45, 7) is -0.434. The summed E-state index contributed by atoms with van der Waals surface area (Å²) in [6, 6.07) is 18.0. The molecule has 36 heavy (non-hydrogen) atoms. The minimum absolute atomic E-state index is 0.00898. The van der Waals surface area contributed by atoms with Gasteiger partial charge in [0, 0.05) is 22.3 Å². The molecule has 0 aliphatic carbocycles. The van der Waals surface area contributed by atoms with E-state index in [4.69, 9.17) is 14.2 Å². The van der Waals surface area contributed by atoms with E-state index in [2.05, 4.69) is 0 Å². The van der Waals surface area contributed by atoms with Crippen molar-refractivity contribution in [3.63, 3.8) is 0 Å². The predicted octanol–water partition coefficient (Wildman–Crippen LogP) is 4.20. The molecule has 4 aromatic rings. The van der Waals surface area contributed by atoms with E-state index in [1.54, 1.807) is 12.1 Å². The quantitative estimate of drug-likeness (QED) is 0.403. The highest BCUT2D eigenvalue weighted by atomic mass is 32.2. The summed E-state index contributed by atoms with van der Waals surface area (Å²) in [7, 11) is 0. The number of hydrogen-bond acceptors (Lipinski definition) is 7. The normalized spacial score (nSPS) is 15.8. The van der Waals surface area contributed by atoms with Gasteiger partial charge in [-0.3, -0.25) is 9.36 Å². The Morgan fingerprint density at radius 3 is 2.69 bits per heavy atom. The first-order valence-corrected chi connectivity index (χ1v) is 12.3. The molecular weight excluding hydrogens is 482 g/mol. The molecule has 2 N–H and O–H groups in total. The van der Waals surface area contributed by atoms with Crippen molar-refractivity contribution in [3.8, 4) is 28.4 Å². The number of carboxylic acids is 1. The summed E-state index contributed by atoms with van der Waals surface area (Å²) in [4.78, 5) is 25.4. The van der Waals surface area contributed by atoms with Crippen LogP contribution in [0.25, 0.3) is 21.9 Å². The van der Waals surface area contributed by atoms with Gasteiger partial charge in [0.2, 0.25) is 6.79 Å². The Morgan fingerprint density at radius 2 is 1.86 bits per heavy atom. The molecule has 0 spiro atoms.